The molecule has 0 amide bonds. The van der Waals surface area contributed by atoms with E-state index in [4.69, 9.17) is 15.4 Å². The molecule has 0 aromatic rings. The van der Waals surface area contributed by atoms with Crippen LogP contribution in [0.3, 0.4) is 0 Å². The first kappa shape index (κ1) is 9.09. The minimum absolute atomic E-state index is 0.219. The Balaban J connectivity index is 3.27. The van der Waals surface area contributed by atoms with Crippen LogP contribution in [0.25, 0.3) is 0 Å². The van der Waals surface area contributed by atoms with E-state index in [0.717, 1.165) is 10.8 Å². The molecule has 0 aliphatic carbocycles. The van der Waals surface area contributed by atoms with Gasteiger partial charge in [0.05, 0.1) is 11.1 Å². The molecule has 0 rings (SSSR count). The van der Waals surface area contributed by atoms with Crippen molar-refractivity contribution in [3.8, 4) is 0 Å². The molecule has 0 heterocycles. The maximum Gasteiger partial charge on any atom is 0.321 e. The van der Waals surface area contributed by atoms with Crippen LogP contribution >= 0.6 is 21.9 Å². The van der Waals surface area contributed by atoms with Crippen molar-refractivity contribution in [3.05, 3.63) is 0 Å². The molecule has 4 nitrogen and oxygen atoms in total. The molecule has 1 atom stereocenters. The number of hydrogen-bond donors (Lipinski definition) is 3. The van der Waals surface area contributed by atoms with Gasteiger partial charge in [-0.2, -0.15) is 0 Å². The van der Waals surface area contributed by atoms with Gasteiger partial charge in [-0.25, -0.2) is 0 Å². The van der Waals surface area contributed by atoms with E-state index in [1.165, 1.54) is 0 Å². The third-order valence-corrected chi connectivity index (χ3v) is 1.94. The lowest BCUT2D eigenvalue weighted by Crippen LogP contribution is -2.32. The van der Waals surface area contributed by atoms with E-state index in [2.05, 4.69) is 0 Å². The monoisotopic (exact) mass is 169 g/mol. The maximum atomic E-state index is 9.98. The number of hydrogen-bond acceptors (Lipinski definition) is 5. The Morgan fingerprint density at radius 1 is 1.78 bits per heavy atom. The highest BCUT2D eigenvalue weighted by Gasteiger charge is 2.10. The van der Waals surface area contributed by atoms with Crippen LogP contribution in [0.2, 0.25) is 0 Å². The molecule has 0 radical (unpaired) electrons. The fourth-order valence-electron chi connectivity index (χ4n) is 0.175. The van der Waals surface area contributed by atoms with Gasteiger partial charge in [0.1, 0.15) is 6.04 Å². The molecule has 0 aromatic carbocycles. The standard InChI is InChI=1S/C3H7NO3S2/c4-2(3(5)6)1-8-9-7/h2,7H,1,4H2,(H,5,6)/t2-/m0/s1. The van der Waals surface area contributed by atoms with E-state index in [1.807, 2.05) is 0 Å². The van der Waals surface area contributed by atoms with Gasteiger partial charge >= 0.3 is 5.97 Å². The van der Waals surface area contributed by atoms with E-state index in [-0.39, 0.29) is 5.75 Å². The fourth-order valence-corrected chi connectivity index (χ4v) is 1.15. The molecule has 0 spiro atoms. The summed E-state index contributed by atoms with van der Waals surface area (Å²) in [5, 5.41) is 8.18. The van der Waals surface area contributed by atoms with Gasteiger partial charge in [0.25, 0.3) is 0 Å². The third-order valence-electron chi connectivity index (χ3n) is 0.618. The predicted octanol–water partition coefficient (Wildman–Crippen LogP) is 0.253. The fraction of sp³-hybridized carbons (Fsp3) is 0.667. The van der Waals surface area contributed by atoms with Crippen molar-refractivity contribution in [1.82, 2.24) is 0 Å². The Bertz CT molecular complexity index is 99.1. The molecule has 0 unspecified atom stereocenters. The Labute approximate surface area is 60.4 Å². The van der Waals surface area contributed by atoms with Crippen LogP contribution in [-0.4, -0.2) is 27.4 Å². The number of carbonyl (C=O) groups is 1. The minimum atomic E-state index is -1.04. The van der Waals surface area contributed by atoms with Crippen LogP contribution in [0.15, 0.2) is 0 Å². The lowest BCUT2D eigenvalue weighted by Gasteiger charge is -2.00. The first-order valence-corrected chi connectivity index (χ1v) is 4.37. The highest BCUT2D eigenvalue weighted by molar-refractivity contribution is 8.74. The molecule has 9 heavy (non-hydrogen) atoms. The number of carboxylic acids is 1. The Kier molecular flexibility index (Phi) is 4.97. The average molecular weight is 169 g/mol. The second-order valence-electron chi connectivity index (χ2n) is 1.30. The van der Waals surface area contributed by atoms with Crippen LogP contribution in [0.4, 0.5) is 0 Å². The largest absolute Gasteiger partial charge is 0.480 e. The van der Waals surface area contributed by atoms with E-state index in [0.29, 0.717) is 11.1 Å². The molecule has 0 aliphatic rings. The molecule has 0 aliphatic heterocycles. The van der Waals surface area contributed by atoms with Crippen molar-refractivity contribution < 1.29 is 14.5 Å². The summed E-state index contributed by atoms with van der Waals surface area (Å²) >= 11 is 0.521. The van der Waals surface area contributed by atoms with Crippen molar-refractivity contribution in [2.45, 2.75) is 6.04 Å². The highest BCUT2D eigenvalue weighted by atomic mass is 33.1. The van der Waals surface area contributed by atoms with Crippen LogP contribution in [0, 0.1) is 0 Å². The summed E-state index contributed by atoms with van der Waals surface area (Å²) in [6, 6.07) is -0.880. The van der Waals surface area contributed by atoms with E-state index in [9.17, 15) is 4.79 Å². The van der Waals surface area contributed by atoms with Crippen molar-refractivity contribution in [2.75, 3.05) is 5.75 Å². The zero-order valence-electron chi connectivity index (χ0n) is 4.48. The van der Waals surface area contributed by atoms with Crippen molar-refractivity contribution >= 4 is 27.8 Å². The number of aliphatic carboxylic acids is 1. The normalized spacial score (nSPS) is 13.1. The van der Waals surface area contributed by atoms with Gasteiger partial charge in [-0.05, 0) is 0 Å². The number of nitrogens with two attached hydrogens (primary N) is 1. The summed E-state index contributed by atoms with van der Waals surface area (Å²) in [7, 11) is 1.01. The molecule has 6 heteroatoms. The number of carboxylic acid groups (broad SMARTS) is 1. The predicted molar refractivity (Wildman–Crippen MR) is 38.3 cm³/mol. The lowest BCUT2D eigenvalue weighted by molar-refractivity contribution is -0.137. The van der Waals surface area contributed by atoms with Crippen LogP contribution < -0.4 is 5.73 Å². The lowest BCUT2D eigenvalue weighted by atomic mass is 10.4. The Morgan fingerprint density at radius 2 is 2.33 bits per heavy atom. The first-order valence-electron chi connectivity index (χ1n) is 2.10. The highest BCUT2D eigenvalue weighted by Crippen LogP contribution is 2.16. The smallest absolute Gasteiger partial charge is 0.321 e. The molecule has 0 aromatic heterocycles. The Morgan fingerprint density at radius 3 is 2.67 bits per heavy atom. The second kappa shape index (κ2) is 4.92. The molecule has 4 N–H and O–H groups in total. The van der Waals surface area contributed by atoms with Crippen LogP contribution in [0.5, 0.6) is 0 Å². The van der Waals surface area contributed by atoms with Crippen LogP contribution in [0.1, 0.15) is 0 Å². The van der Waals surface area contributed by atoms with Gasteiger partial charge in [-0.15, -0.1) is 0 Å². The van der Waals surface area contributed by atoms with E-state index >= 15 is 0 Å². The summed E-state index contributed by atoms with van der Waals surface area (Å²) in [6.07, 6.45) is 0. The van der Waals surface area contributed by atoms with Gasteiger partial charge in [0.2, 0.25) is 0 Å². The number of rotatable bonds is 4. The molecule has 0 saturated carbocycles. The SMILES string of the molecule is N[C@@H](CSSO)C(=O)O. The zero-order valence-corrected chi connectivity index (χ0v) is 6.11. The molecule has 0 bridgehead atoms. The van der Waals surface area contributed by atoms with Gasteiger partial charge in [0.15, 0.2) is 0 Å². The van der Waals surface area contributed by atoms with Gasteiger partial charge in [-0.3, -0.25) is 4.79 Å². The summed E-state index contributed by atoms with van der Waals surface area (Å²) in [5.41, 5.74) is 5.06. The molecule has 0 fully saturated rings. The quantitative estimate of drug-likeness (QED) is 0.413. The topological polar surface area (TPSA) is 83.5 Å². The summed E-state index contributed by atoms with van der Waals surface area (Å²) in [4.78, 5) is 9.98. The van der Waals surface area contributed by atoms with Gasteiger partial charge < -0.3 is 15.4 Å². The zero-order chi connectivity index (χ0) is 7.28. The van der Waals surface area contributed by atoms with Crippen LogP contribution in [-0.2, 0) is 4.79 Å². The van der Waals surface area contributed by atoms with E-state index in [1.54, 1.807) is 0 Å². The van der Waals surface area contributed by atoms with Crippen molar-refractivity contribution in [2.24, 2.45) is 5.73 Å². The summed E-state index contributed by atoms with van der Waals surface area (Å²) < 4.78 is 8.13. The second-order valence-corrected chi connectivity index (χ2v) is 3.18. The third kappa shape index (κ3) is 4.58. The molecular weight excluding hydrogens is 162 g/mol. The maximum absolute atomic E-state index is 9.98. The Hall–Kier alpha value is 0.0900. The molecule has 54 valence electrons. The van der Waals surface area contributed by atoms with E-state index < -0.39 is 12.0 Å². The summed E-state index contributed by atoms with van der Waals surface area (Å²) in [6.45, 7) is 0. The first-order chi connectivity index (χ1) is 4.18. The summed E-state index contributed by atoms with van der Waals surface area (Å²) in [5.74, 6) is -0.826. The van der Waals surface area contributed by atoms with Gasteiger partial charge in [-0.1, -0.05) is 10.8 Å². The van der Waals surface area contributed by atoms with Crippen molar-refractivity contribution in [1.29, 1.82) is 0 Å². The molecule has 0 saturated heterocycles. The minimum Gasteiger partial charge on any atom is -0.480 e. The van der Waals surface area contributed by atoms with Gasteiger partial charge in [0, 0.05) is 5.75 Å². The average Bonchev–Trinajstić information content (AvgIpc) is 1.82. The molecular formula is C3H7NO3S2. The van der Waals surface area contributed by atoms with Crippen molar-refractivity contribution in [3.63, 3.8) is 0 Å².